The van der Waals surface area contributed by atoms with E-state index in [1.165, 1.54) is 17.4 Å². The number of thiazole rings is 1. The Balaban J connectivity index is 1.53. The van der Waals surface area contributed by atoms with Crippen LogP contribution >= 0.6 is 11.3 Å². The van der Waals surface area contributed by atoms with Gasteiger partial charge >= 0.3 is 0 Å². The zero-order chi connectivity index (χ0) is 18.8. The van der Waals surface area contributed by atoms with Crippen molar-refractivity contribution in [1.29, 1.82) is 0 Å². The number of nitrogens with one attached hydrogen (secondary N) is 1. The summed E-state index contributed by atoms with van der Waals surface area (Å²) in [6.45, 7) is 1.79. The van der Waals surface area contributed by atoms with Crippen LogP contribution in [0, 0.1) is 12.7 Å². The standard InChI is InChI=1S/C20H15FN4OS/c1-13-7-8-17(16(21)9-13)23-19(26)18-12-27-20(24-18)14-10-22-25(11-14)15-5-3-2-4-6-15/h2-12H,1H3,(H,23,26). The molecule has 7 heteroatoms. The first-order valence-corrected chi connectivity index (χ1v) is 9.11. The van der Waals surface area contributed by atoms with Gasteiger partial charge in [-0.25, -0.2) is 14.1 Å². The van der Waals surface area contributed by atoms with Gasteiger partial charge in [0.2, 0.25) is 0 Å². The lowest BCUT2D eigenvalue weighted by Gasteiger charge is -2.05. The average molecular weight is 378 g/mol. The van der Waals surface area contributed by atoms with E-state index in [9.17, 15) is 9.18 Å². The minimum absolute atomic E-state index is 0.136. The van der Waals surface area contributed by atoms with E-state index in [0.29, 0.717) is 5.01 Å². The van der Waals surface area contributed by atoms with Crippen LogP contribution < -0.4 is 5.32 Å². The number of aryl methyl sites for hydroxylation is 1. The number of carbonyl (C=O) groups excluding carboxylic acids is 1. The molecule has 0 aliphatic rings. The molecule has 0 spiro atoms. The van der Waals surface area contributed by atoms with E-state index in [0.717, 1.165) is 16.8 Å². The van der Waals surface area contributed by atoms with Crippen molar-refractivity contribution in [2.75, 3.05) is 5.32 Å². The Morgan fingerprint density at radius 3 is 2.78 bits per heavy atom. The van der Waals surface area contributed by atoms with Gasteiger partial charge in [0.05, 0.1) is 17.6 Å². The van der Waals surface area contributed by atoms with E-state index in [1.54, 1.807) is 35.3 Å². The van der Waals surface area contributed by atoms with Crippen LogP contribution in [0.3, 0.4) is 0 Å². The Bertz CT molecular complexity index is 1100. The number of para-hydroxylation sites is 1. The first-order chi connectivity index (χ1) is 13.1. The van der Waals surface area contributed by atoms with Gasteiger partial charge < -0.3 is 5.32 Å². The number of amides is 1. The quantitative estimate of drug-likeness (QED) is 0.560. The molecule has 2 aromatic heterocycles. The molecule has 0 unspecified atom stereocenters. The van der Waals surface area contributed by atoms with Crippen molar-refractivity contribution in [2.24, 2.45) is 0 Å². The van der Waals surface area contributed by atoms with E-state index >= 15 is 0 Å². The first-order valence-electron chi connectivity index (χ1n) is 8.23. The first kappa shape index (κ1) is 17.1. The van der Waals surface area contributed by atoms with Crippen LogP contribution in [0.15, 0.2) is 66.3 Å². The van der Waals surface area contributed by atoms with Crippen molar-refractivity contribution < 1.29 is 9.18 Å². The van der Waals surface area contributed by atoms with E-state index < -0.39 is 11.7 Å². The number of hydrogen-bond donors (Lipinski definition) is 1. The fourth-order valence-corrected chi connectivity index (χ4v) is 3.35. The molecule has 134 valence electrons. The van der Waals surface area contributed by atoms with Crippen molar-refractivity contribution in [3.63, 3.8) is 0 Å². The SMILES string of the molecule is Cc1ccc(NC(=O)c2csc(-c3cnn(-c4ccccc4)c3)n2)c(F)c1. The summed E-state index contributed by atoms with van der Waals surface area (Å²) in [6.07, 6.45) is 3.56. The number of hydrogen-bond acceptors (Lipinski definition) is 4. The third kappa shape index (κ3) is 3.63. The van der Waals surface area contributed by atoms with Gasteiger partial charge in [0.15, 0.2) is 0 Å². The van der Waals surface area contributed by atoms with Crippen molar-refractivity contribution in [3.8, 4) is 16.3 Å². The minimum Gasteiger partial charge on any atom is -0.318 e. The lowest BCUT2D eigenvalue weighted by Crippen LogP contribution is -2.13. The molecular formula is C20H15FN4OS. The fourth-order valence-electron chi connectivity index (χ4n) is 2.57. The lowest BCUT2D eigenvalue weighted by atomic mass is 10.2. The highest BCUT2D eigenvalue weighted by atomic mass is 32.1. The van der Waals surface area contributed by atoms with Gasteiger partial charge in [0.25, 0.3) is 5.91 Å². The monoisotopic (exact) mass is 378 g/mol. The highest BCUT2D eigenvalue weighted by Gasteiger charge is 2.15. The van der Waals surface area contributed by atoms with Crippen LogP contribution in [0.25, 0.3) is 16.3 Å². The third-order valence-corrected chi connectivity index (χ3v) is 4.85. The van der Waals surface area contributed by atoms with Gasteiger partial charge in [0.1, 0.15) is 16.5 Å². The third-order valence-electron chi connectivity index (χ3n) is 3.96. The number of aromatic nitrogens is 3. The van der Waals surface area contributed by atoms with Crippen molar-refractivity contribution >= 4 is 22.9 Å². The molecule has 5 nitrogen and oxygen atoms in total. The molecule has 0 atom stereocenters. The maximum absolute atomic E-state index is 13.9. The van der Waals surface area contributed by atoms with Crippen molar-refractivity contribution in [1.82, 2.24) is 14.8 Å². The second-order valence-corrected chi connectivity index (χ2v) is 6.84. The van der Waals surface area contributed by atoms with E-state index in [4.69, 9.17) is 0 Å². The van der Waals surface area contributed by atoms with Crippen LogP contribution in [0.1, 0.15) is 16.1 Å². The number of carbonyl (C=O) groups is 1. The van der Waals surface area contributed by atoms with Gasteiger partial charge in [-0.1, -0.05) is 24.3 Å². The van der Waals surface area contributed by atoms with Crippen molar-refractivity contribution in [2.45, 2.75) is 6.92 Å². The van der Waals surface area contributed by atoms with Gasteiger partial charge in [-0.05, 0) is 36.8 Å². The number of rotatable bonds is 4. The normalized spacial score (nSPS) is 10.7. The molecule has 1 amide bonds. The summed E-state index contributed by atoms with van der Waals surface area (Å²) >= 11 is 1.34. The molecule has 4 rings (SSSR count). The Morgan fingerprint density at radius 1 is 1.19 bits per heavy atom. The summed E-state index contributed by atoms with van der Waals surface area (Å²) < 4.78 is 15.7. The molecular weight excluding hydrogens is 363 g/mol. The predicted octanol–water partition coefficient (Wildman–Crippen LogP) is 4.70. The second-order valence-electron chi connectivity index (χ2n) is 5.98. The Hall–Kier alpha value is -3.32. The number of anilines is 1. The Morgan fingerprint density at radius 2 is 2.00 bits per heavy atom. The molecule has 4 aromatic rings. The highest BCUT2D eigenvalue weighted by molar-refractivity contribution is 7.13. The molecule has 0 aliphatic heterocycles. The largest absolute Gasteiger partial charge is 0.318 e. The topological polar surface area (TPSA) is 59.8 Å². The maximum atomic E-state index is 13.9. The summed E-state index contributed by atoms with van der Waals surface area (Å²) in [5.74, 6) is -0.918. The number of halogens is 1. The minimum atomic E-state index is -0.469. The average Bonchev–Trinajstić information content (AvgIpc) is 3.34. The molecule has 0 saturated heterocycles. The van der Waals surface area contributed by atoms with Crippen LogP contribution in [-0.4, -0.2) is 20.7 Å². The molecule has 2 aromatic carbocycles. The van der Waals surface area contributed by atoms with Crippen LogP contribution in [0.2, 0.25) is 0 Å². The number of benzene rings is 2. The van der Waals surface area contributed by atoms with Crippen LogP contribution in [0.4, 0.5) is 10.1 Å². The molecule has 27 heavy (non-hydrogen) atoms. The maximum Gasteiger partial charge on any atom is 0.275 e. The van der Waals surface area contributed by atoms with Crippen molar-refractivity contribution in [3.05, 3.63) is 83.4 Å². The van der Waals surface area contributed by atoms with E-state index in [-0.39, 0.29) is 11.4 Å². The predicted molar refractivity (Wildman–Crippen MR) is 104 cm³/mol. The summed E-state index contributed by atoms with van der Waals surface area (Å²) in [4.78, 5) is 16.7. The van der Waals surface area contributed by atoms with Gasteiger partial charge in [-0.2, -0.15) is 5.10 Å². The lowest BCUT2D eigenvalue weighted by molar-refractivity contribution is 0.102. The molecule has 0 fully saturated rings. The molecule has 0 saturated carbocycles. The fraction of sp³-hybridized carbons (Fsp3) is 0.0500. The molecule has 0 radical (unpaired) electrons. The van der Waals surface area contributed by atoms with E-state index in [1.807, 2.05) is 36.5 Å². The zero-order valence-electron chi connectivity index (χ0n) is 14.4. The molecule has 0 aliphatic carbocycles. The van der Waals surface area contributed by atoms with Crippen LogP contribution in [-0.2, 0) is 0 Å². The second kappa shape index (κ2) is 7.13. The Kier molecular flexibility index (Phi) is 4.52. The smallest absolute Gasteiger partial charge is 0.275 e. The molecule has 2 heterocycles. The van der Waals surface area contributed by atoms with E-state index in [2.05, 4.69) is 15.4 Å². The van der Waals surface area contributed by atoms with Crippen LogP contribution in [0.5, 0.6) is 0 Å². The summed E-state index contributed by atoms with van der Waals surface area (Å²) in [7, 11) is 0. The molecule has 0 bridgehead atoms. The van der Waals surface area contributed by atoms with Gasteiger partial charge in [0, 0.05) is 17.1 Å². The molecule has 1 N–H and O–H groups in total. The highest BCUT2D eigenvalue weighted by Crippen LogP contribution is 2.25. The van der Waals surface area contributed by atoms with Gasteiger partial charge in [-0.3, -0.25) is 4.79 Å². The zero-order valence-corrected chi connectivity index (χ0v) is 15.2. The van der Waals surface area contributed by atoms with Gasteiger partial charge in [-0.15, -0.1) is 11.3 Å². The summed E-state index contributed by atoms with van der Waals surface area (Å²) in [6, 6.07) is 14.4. The number of nitrogens with zero attached hydrogens (tertiary/aromatic N) is 3. The summed E-state index contributed by atoms with van der Waals surface area (Å²) in [5, 5.41) is 9.22. The summed E-state index contributed by atoms with van der Waals surface area (Å²) in [5.41, 5.74) is 2.91. The Labute approximate surface area is 159 Å².